The number of likely N-dealkylation sites (tertiary alicyclic amines) is 1. The van der Waals surface area contributed by atoms with E-state index in [1.807, 2.05) is 0 Å². The molecule has 1 aliphatic heterocycles. The Bertz CT molecular complexity index is 233. The van der Waals surface area contributed by atoms with Crippen LogP contribution >= 0.6 is 0 Å². The quantitative estimate of drug-likeness (QED) is 0.841. The van der Waals surface area contributed by atoms with E-state index in [1.54, 1.807) is 0 Å². The lowest BCUT2D eigenvalue weighted by Crippen LogP contribution is -2.39. The molecule has 1 N–H and O–H groups in total. The van der Waals surface area contributed by atoms with Gasteiger partial charge in [-0.05, 0) is 51.6 Å². The molecular weight excluding hydrogens is 248 g/mol. The molecule has 3 nitrogen and oxygen atoms in total. The predicted octanol–water partition coefficient (Wildman–Crippen LogP) is 2.98. The lowest BCUT2D eigenvalue weighted by atomic mass is 9.91. The van der Waals surface area contributed by atoms with Crippen LogP contribution in [0.4, 0.5) is 0 Å². The summed E-state index contributed by atoms with van der Waals surface area (Å²) in [5.41, 5.74) is 0. The number of nitrogens with zero attached hydrogens (tertiary/aromatic N) is 2. The third kappa shape index (κ3) is 7.05. The summed E-state index contributed by atoms with van der Waals surface area (Å²) in [4.78, 5) is 4.93. The van der Waals surface area contributed by atoms with Crippen molar-refractivity contribution in [1.82, 2.24) is 9.80 Å². The Balaban J connectivity index is 0.000000200. The van der Waals surface area contributed by atoms with E-state index in [2.05, 4.69) is 37.6 Å². The van der Waals surface area contributed by atoms with Gasteiger partial charge in [0.2, 0.25) is 0 Å². The van der Waals surface area contributed by atoms with Crippen molar-refractivity contribution in [2.45, 2.75) is 71.4 Å². The number of hydrogen-bond acceptors (Lipinski definition) is 3. The highest BCUT2D eigenvalue weighted by atomic mass is 16.3. The van der Waals surface area contributed by atoms with Gasteiger partial charge in [-0.15, -0.1) is 0 Å². The predicted molar refractivity (Wildman–Crippen MR) is 87.1 cm³/mol. The maximum atomic E-state index is 9.17. The Morgan fingerprint density at radius 2 is 1.75 bits per heavy atom. The molecule has 0 radical (unpaired) electrons. The summed E-state index contributed by atoms with van der Waals surface area (Å²) >= 11 is 0. The SMILES string of the molecule is CC(C)CN(C)C1CCC1.CCCN1CCC(O)CC1. The number of piperidine rings is 1. The zero-order valence-corrected chi connectivity index (χ0v) is 14.1. The van der Waals surface area contributed by atoms with Crippen molar-refractivity contribution in [1.29, 1.82) is 0 Å². The molecule has 2 aliphatic rings. The molecule has 0 spiro atoms. The summed E-state index contributed by atoms with van der Waals surface area (Å²) < 4.78 is 0. The Hall–Kier alpha value is -0.120. The van der Waals surface area contributed by atoms with Crippen LogP contribution in [-0.4, -0.2) is 60.3 Å². The van der Waals surface area contributed by atoms with E-state index in [0.29, 0.717) is 0 Å². The van der Waals surface area contributed by atoms with Crippen molar-refractivity contribution in [3.05, 3.63) is 0 Å². The van der Waals surface area contributed by atoms with E-state index >= 15 is 0 Å². The normalized spacial score (nSPS) is 21.8. The molecule has 120 valence electrons. The first-order chi connectivity index (χ1) is 9.52. The minimum absolute atomic E-state index is 0.0203. The fourth-order valence-electron chi connectivity index (χ4n) is 3.01. The van der Waals surface area contributed by atoms with Gasteiger partial charge in [-0.3, -0.25) is 0 Å². The Kier molecular flexibility index (Phi) is 8.74. The van der Waals surface area contributed by atoms with Crippen molar-refractivity contribution in [2.75, 3.05) is 33.2 Å². The van der Waals surface area contributed by atoms with Crippen molar-refractivity contribution in [3.8, 4) is 0 Å². The highest BCUT2D eigenvalue weighted by Gasteiger charge is 2.21. The second-order valence-electron chi connectivity index (χ2n) is 6.99. The molecule has 0 amide bonds. The third-order valence-electron chi connectivity index (χ3n) is 4.45. The minimum Gasteiger partial charge on any atom is -0.393 e. The van der Waals surface area contributed by atoms with E-state index in [0.717, 1.165) is 37.9 Å². The summed E-state index contributed by atoms with van der Waals surface area (Å²) in [6, 6.07) is 0.919. The number of rotatable bonds is 5. The molecule has 1 heterocycles. The van der Waals surface area contributed by atoms with Crippen LogP contribution in [0.15, 0.2) is 0 Å². The topological polar surface area (TPSA) is 26.7 Å². The minimum atomic E-state index is -0.0203. The Morgan fingerprint density at radius 1 is 1.15 bits per heavy atom. The Labute approximate surface area is 126 Å². The molecule has 20 heavy (non-hydrogen) atoms. The summed E-state index contributed by atoms with van der Waals surface area (Å²) in [5.74, 6) is 0.825. The van der Waals surface area contributed by atoms with Gasteiger partial charge >= 0.3 is 0 Å². The fraction of sp³-hybridized carbons (Fsp3) is 1.00. The molecule has 3 heteroatoms. The van der Waals surface area contributed by atoms with Crippen molar-refractivity contribution in [2.24, 2.45) is 5.92 Å². The van der Waals surface area contributed by atoms with Gasteiger partial charge in [0.25, 0.3) is 0 Å². The molecule has 2 rings (SSSR count). The third-order valence-corrected chi connectivity index (χ3v) is 4.45. The lowest BCUT2D eigenvalue weighted by Gasteiger charge is -2.35. The number of hydrogen-bond donors (Lipinski definition) is 1. The van der Waals surface area contributed by atoms with Crippen LogP contribution in [-0.2, 0) is 0 Å². The van der Waals surface area contributed by atoms with Crippen LogP contribution < -0.4 is 0 Å². The van der Waals surface area contributed by atoms with E-state index in [9.17, 15) is 0 Å². The zero-order chi connectivity index (χ0) is 15.0. The first-order valence-electron chi connectivity index (χ1n) is 8.63. The van der Waals surface area contributed by atoms with Crippen LogP contribution in [0, 0.1) is 5.92 Å². The first-order valence-corrected chi connectivity index (χ1v) is 8.63. The molecule has 0 unspecified atom stereocenters. The summed E-state index contributed by atoms with van der Waals surface area (Å²) in [6.07, 6.45) is 7.48. The van der Waals surface area contributed by atoms with E-state index in [4.69, 9.17) is 5.11 Å². The smallest absolute Gasteiger partial charge is 0.0564 e. The molecule has 1 saturated heterocycles. The summed E-state index contributed by atoms with van der Waals surface area (Å²) in [7, 11) is 2.25. The van der Waals surface area contributed by atoms with Gasteiger partial charge in [-0.2, -0.15) is 0 Å². The van der Waals surface area contributed by atoms with Gasteiger partial charge in [-0.1, -0.05) is 27.2 Å². The summed E-state index contributed by atoms with van der Waals surface area (Å²) in [6.45, 7) is 11.4. The highest BCUT2D eigenvalue weighted by molar-refractivity contribution is 4.78. The standard InChI is InChI=1S/C9H19N.C8H17NO/c1-8(2)7-10(3)9-5-4-6-9;1-2-5-9-6-3-8(10)4-7-9/h8-9H,4-7H2,1-3H3;8,10H,2-7H2,1H3. The second-order valence-corrected chi connectivity index (χ2v) is 6.99. The van der Waals surface area contributed by atoms with Gasteiger partial charge in [0.05, 0.1) is 6.10 Å². The highest BCUT2D eigenvalue weighted by Crippen LogP contribution is 2.23. The molecule has 1 saturated carbocycles. The van der Waals surface area contributed by atoms with Gasteiger partial charge in [0.1, 0.15) is 0 Å². The van der Waals surface area contributed by atoms with Crippen LogP contribution in [0.5, 0.6) is 0 Å². The number of aliphatic hydroxyl groups is 1. The van der Waals surface area contributed by atoms with Crippen molar-refractivity contribution in [3.63, 3.8) is 0 Å². The Morgan fingerprint density at radius 3 is 2.15 bits per heavy atom. The van der Waals surface area contributed by atoms with E-state index < -0.39 is 0 Å². The van der Waals surface area contributed by atoms with Crippen molar-refractivity contribution >= 4 is 0 Å². The lowest BCUT2D eigenvalue weighted by molar-refractivity contribution is 0.0827. The second kappa shape index (κ2) is 9.75. The van der Waals surface area contributed by atoms with Gasteiger partial charge in [0, 0.05) is 25.7 Å². The largest absolute Gasteiger partial charge is 0.393 e. The molecule has 2 fully saturated rings. The maximum absolute atomic E-state index is 9.17. The van der Waals surface area contributed by atoms with E-state index in [1.165, 1.54) is 38.8 Å². The van der Waals surface area contributed by atoms with Gasteiger partial charge < -0.3 is 14.9 Å². The molecule has 0 aromatic heterocycles. The van der Waals surface area contributed by atoms with Gasteiger partial charge in [-0.25, -0.2) is 0 Å². The molecule has 0 bridgehead atoms. The average Bonchev–Trinajstić information content (AvgIpc) is 2.30. The average molecular weight is 284 g/mol. The van der Waals surface area contributed by atoms with E-state index in [-0.39, 0.29) is 6.10 Å². The van der Waals surface area contributed by atoms with Crippen LogP contribution in [0.2, 0.25) is 0 Å². The zero-order valence-electron chi connectivity index (χ0n) is 14.1. The van der Waals surface area contributed by atoms with Crippen molar-refractivity contribution < 1.29 is 5.11 Å². The molecule has 0 atom stereocenters. The molecule has 1 aliphatic carbocycles. The maximum Gasteiger partial charge on any atom is 0.0564 e. The monoisotopic (exact) mass is 284 g/mol. The van der Waals surface area contributed by atoms with Crippen LogP contribution in [0.25, 0.3) is 0 Å². The summed E-state index contributed by atoms with van der Waals surface area (Å²) in [5, 5.41) is 9.17. The molecule has 0 aromatic rings. The first kappa shape index (κ1) is 17.9. The molecule has 0 aromatic carbocycles. The van der Waals surface area contributed by atoms with Crippen LogP contribution in [0.1, 0.15) is 59.3 Å². The fourth-order valence-corrected chi connectivity index (χ4v) is 3.01. The van der Waals surface area contributed by atoms with Gasteiger partial charge in [0.15, 0.2) is 0 Å². The molecular formula is C17H36N2O. The van der Waals surface area contributed by atoms with Crippen LogP contribution in [0.3, 0.4) is 0 Å². The number of aliphatic hydroxyl groups excluding tert-OH is 1.